The first-order valence-electron chi connectivity index (χ1n) is 6.64. The molecule has 0 saturated carbocycles. The molecule has 3 heteroatoms. The third-order valence-electron chi connectivity index (χ3n) is 3.80. The molecule has 0 bridgehead atoms. The normalized spacial score (nSPS) is 14.6. The van der Waals surface area contributed by atoms with E-state index in [1.807, 2.05) is 6.33 Å². The molecule has 0 saturated heterocycles. The number of hydrogen-bond acceptors (Lipinski definition) is 2. The molecule has 1 aromatic carbocycles. The van der Waals surface area contributed by atoms with E-state index in [1.165, 1.54) is 41.0 Å². The molecule has 0 atom stereocenters. The van der Waals surface area contributed by atoms with Gasteiger partial charge in [-0.15, -0.1) is 0 Å². The number of nitrogens with two attached hydrogens (primary N) is 1. The van der Waals surface area contributed by atoms with Crippen molar-refractivity contribution in [1.29, 1.82) is 0 Å². The first-order chi connectivity index (χ1) is 8.79. The summed E-state index contributed by atoms with van der Waals surface area (Å²) in [6.45, 7) is 2.73. The summed E-state index contributed by atoms with van der Waals surface area (Å²) in [6, 6.07) is 6.43. The maximum atomic E-state index is 5.74. The van der Waals surface area contributed by atoms with Crippen LogP contribution in [0.5, 0.6) is 0 Å². The Labute approximate surface area is 108 Å². The minimum absolute atomic E-state index is 0.587. The summed E-state index contributed by atoms with van der Waals surface area (Å²) in [5, 5.41) is 0. The Bertz CT molecular complexity index is 569. The Morgan fingerprint density at radius 3 is 2.94 bits per heavy atom. The van der Waals surface area contributed by atoms with Crippen molar-refractivity contribution in [1.82, 2.24) is 9.55 Å². The van der Waals surface area contributed by atoms with Crippen LogP contribution in [0.3, 0.4) is 0 Å². The van der Waals surface area contributed by atoms with E-state index in [-0.39, 0.29) is 0 Å². The van der Waals surface area contributed by atoms with Gasteiger partial charge < -0.3 is 10.3 Å². The quantitative estimate of drug-likeness (QED) is 0.878. The van der Waals surface area contributed by atoms with Crippen molar-refractivity contribution >= 4 is 0 Å². The smallest absolute Gasteiger partial charge is 0.0997 e. The van der Waals surface area contributed by atoms with Gasteiger partial charge in [0, 0.05) is 17.9 Å². The molecule has 94 valence electrons. The maximum Gasteiger partial charge on any atom is 0.0997 e. The highest BCUT2D eigenvalue weighted by Crippen LogP contribution is 2.25. The first-order valence-corrected chi connectivity index (χ1v) is 6.64. The molecule has 2 aromatic rings. The van der Waals surface area contributed by atoms with Gasteiger partial charge in [0.25, 0.3) is 0 Å². The highest BCUT2D eigenvalue weighted by Gasteiger charge is 2.16. The van der Waals surface area contributed by atoms with Crippen LogP contribution in [0.2, 0.25) is 0 Å². The predicted octanol–water partition coefficient (Wildman–Crippen LogP) is 2.52. The van der Waals surface area contributed by atoms with Crippen LogP contribution in [0.25, 0.3) is 5.69 Å². The van der Waals surface area contributed by atoms with Gasteiger partial charge in [-0.25, -0.2) is 4.98 Å². The van der Waals surface area contributed by atoms with Gasteiger partial charge in [0.05, 0.1) is 12.0 Å². The largest absolute Gasteiger partial charge is 0.326 e. The fraction of sp³-hybridized carbons (Fsp3) is 0.400. The number of aromatic nitrogens is 2. The summed E-state index contributed by atoms with van der Waals surface area (Å²) in [4.78, 5) is 4.56. The van der Waals surface area contributed by atoms with Crippen LogP contribution < -0.4 is 5.73 Å². The Kier molecular flexibility index (Phi) is 2.92. The SMILES string of the molecule is Cc1ccc(CN)cc1-n1cnc2c1CCCC2. The van der Waals surface area contributed by atoms with Crippen molar-refractivity contribution in [3.8, 4) is 5.69 Å². The van der Waals surface area contributed by atoms with Gasteiger partial charge in [0.2, 0.25) is 0 Å². The van der Waals surface area contributed by atoms with E-state index in [0.717, 1.165) is 12.8 Å². The van der Waals surface area contributed by atoms with Gasteiger partial charge >= 0.3 is 0 Å². The van der Waals surface area contributed by atoms with Crippen molar-refractivity contribution in [2.24, 2.45) is 5.73 Å². The van der Waals surface area contributed by atoms with Crippen LogP contribution in [0.15, 0.2) is 24.5 Å². The molecular weight excluding hydrogens is 222 g/mol. The molecule has 1 aliphatic rings. The molecular formula is C15H19N3. The average Bonchev–Trinajstić information content (AvgIpc) is 2.83. The second-order valence-corrected chi connectivity index (χ2v) is 5.04. The molecule has 0 fully saturated rings. The van der Waals surface area contributed by atoms with Gasteiger partial charge in [0.15, 0.2) is 0 Å². The molecule has 1 aromatic heterocycles. The lowest BCUT2D eigenvalue weighted by Crippen LogP contribution is -2.08. The summed E-state index contributed by atoms with van der Waals surface area (Å²) in [6.07, 6.45) is 6.78. The third kappa shape index (κ3) is 1.85. The highest BCUT2D eigenvalue weighted by molar-refractivity contribution is 5.45. The minimum Gasteiger partial charge on any atom is -0.326 e. The molecule has 0 radical (unpaired) electrons. The summed E-state index contributed by atoms with van der Waals surface area (Å²) in [5.41, 5.74) is 12.1. The zero-order chi connectivity index (χ0) is 12.5. The van der Waals surface area contributed by atoms with Crippen molar-refractivity contribution < 1.29 is 0 Å². The molecule has 0 unspecified atom stereocenters. The number of fused-ring (bicyclic) bond motifs is 1. The van der Waals surface area contributed by atoms with Crippen LogP contribution in [0.1, 0.15) is 35.4 Å². The molecule has 3 nitrogen and oxygen atoms in total. The van der Waals surface area contributed by atoms with Crippen molar-refractivity contribution in [3.63, 3.8) is 0 Å². The summed E-state index contributed by atoms with van der Waals surface area (Å²) >= 11 is 0. The van der Waals surface area contributed by atoms with Gasteiger partial charge in [-0.05, 0) is 49.8 Å². The number of hydrogen-bond donors (Lipinski definition) is 1. The Morgan fingerprint density at radius 1 is 1.28 bits per heavy atom. The summed E-state index contributed by atoms with van der Waals surface area (Å²) in [5.74, 6) is 0. The predicted molar refractivity (Wildman–Crippen MR) is 72.8 cm³/mol. The molecule has 0 aliphatic heterocycles. The first kappa shape index (κ1) is 11.5. The van der Waals surface area contributed by atoms with Crippen LogP contribution in [0, 0.1) is 6.92 Å². The van der Waals surface area contributed by atoms with Crippen molar-refractivity contribution in [2.75, 3.05) is 0 Å². The number of benzene rings is 1. The summed E-state index contributed by atoms with van der Waals surface area (Å²) in [7, 11) is 0. The van der Waals surface area contributed by atoms with Gasteiger partial charge in [-0.3, -0.25) is 0 Å². The van der Waals surface area contributed by atoms with Crippen molar-refractivity contribution in [3.05, 3.63) is 47.0 Å². The van der Waals surface area contributed by atoms with Crippen LogP contribution in [-0.4, -0.2) is 9.55 Å². The zero-order valence-electron chi connectivity index (χ0n) is 10.8. The molecule has 18 heavy (non-hydrogen) atoms. The number of rotatable bonds is 2. The van der Waals surface area contributed by atoms with Crippen LogP contribution in [-0.2, 0) is 19.4 Å². The molecule has 0 spiro atoms. The lowest BCUT2D eigenvalue weighted by atomic mass is 10.0. The number of nitrogens with zero attached hydrogens (tertiary/aromatic N) is 2. The Balaban J connectivity index is 2.11. The van der Waals surface area contributed by atoms with E-state index in [4.69, 9.17) is 5.73 Å². The average molecular weight is 241 g/mol. The Morgan fingerprint density at radius 2 is 2.11 bits per heavy atom. The van der Waals surface area contributed by atoms with E-state index in [2.05, 4.69) is 34.7 Å². The maximum absolute atomic E-state index is 5.74. The van der Waals surface area contributed by atoms with E-state index in [9.17, 15) is 0 Å². The van der Waals surface area contributed by atoms with Gasteiger partial charge in [-0.1, -0.05) is 12.1 Å². The topological polar surface area (TPSA) is 43.8 Å². The van der Waals surface area contributed by atoms with Crippen LogP contribution in [0.4, 0.5) is 0 Å². The number of imidazole rings is 1. The monoisotopic (exact) mass is 241 g/mol. The van der Waals surface area contributed by atoms with E-state index >= 15 is 0 Å². The lowest BCUT2D eigenvalue weighted by molar-refractivity contribution is 0.655. The second-order valence-electron chi connectivity index (χ2n) is 5.04. The van der Waals surface area contributed by atoms with E-state index in [0.29, 0.717) is 6.54 Å². The molecule has 0 amide bonds. The Hall–Kier alpha value is -1.61. The lowest BCUT2D eigenvalue weighted by Gasteiger charge is -2.16. The number of aryl methyl sites for hydroxylation is 2. The fourth-order valence-electron chi connectivity index (χ4n) is 2.72. The second kappa shape index (κ2) is 4.58. The molecule has 1 aliphatic carbocycles. The molecule has 2 N–H and O–H groups in total. The third-order valence-corrected chi connectivity index (χ3v) is 3.80. The standard InChI is InChI=1S/C15H19N3/c1-11-6-7-12(9-16)8-15(11)18-10-17-13-4-2-3-5-14(13)18/h6-8,10H,2-5,9,16H2,1H3. The van der Waals surface area contributed by atoms with E-state index in [1.54, 1.807) is 0 Å². The molecule has 1 heterocycles. The summed E-state index contributed by atoms with van der Waals surface area (Å²) < 4.78 is 2.25. The van der Waals surface area contributed by atoms with Crippen molar-refractivity contribution in [2.45, 2.75) is 39.2 Å². The minimum atomic E-state index is 0.587. The van der Waals surface area contributed by atoms with Gasteiger partial charge in [-0.2, -0.15) is 0 Å². The molecule has 3 rings (SSSR count). The van der Waals surface area contributed by atoms with Gasteiger partial charge in [0.1, 0.15) is 0 Å². The van der Waals surface area contributed by atoms with Crippen LogP contribution >= 0.6 is 0 Å². The highest BCUT2D eigenvalue weighted by atomic mass is 15.1. The zero-order valence-corrected chi connectivity index (χ0v) is 10.8. The van der Waals surface area contributed by atoms with E-state index < -0.39 is 0 Å². The fourth-order valence-corrected chi connectivity index (χ4v) is 2.72.